The van der Waals surface area contributed by atoms with E-state index in [4.69, 9.17) is 0 Å². The normalized spacial score (nSPS) is 14.7. The van der Waals surface area contributed by atoms with E-state index in [0.717, 1.165) is 13.1 Å². The third-order valence-corrected chi connectivity index (χ3v) is 3.92. The molecule has 0 saturated heterocycles. The van der Waals surface area contributed by atoms with Gasteiger partial charge in [0.25, 0.3) is 0 Å². The highest BCUT2D eigenvalue weighted by Gasteiger charge is 2.31. The van der Waals surface area contributed by atoms with Gasteiger partial charge in [-0.1, -0.05) is 0 Å². The molecule has 0 aliphatic rings. The lowest BCUT2D eigenvalue weighted by Gasteiger charge is -2.44. The average molecular weight is 257 g/mol. The first-order chi connectivity index (χ1) is 7.78. The van der Waals surface area contributed by atoms with Crippen LogP contribution in [-0.2, 0) is 0 Å². The maximum absolute atomic E-state index is 3.60. The number of nitrogens with zero attached hydrogens (tertiary/aromatic N) is 2. The minimum Gasteiger partial charge on any atom is -0.310 e. The Hall–Kier alpha value is -0.120. The van der Waals surface area contributed by atoms with Gasteiger partial charge in [-0.25, -0.2) is 0 Å². The monoisotopic (exact) mass is 257 g/mol. The van der Waals surface area contributed by atoms with Crippen molar-refractivity contribution in [3.63, 3.8) is 0 Å². The summed E-state index contributed by atoms with van der Waals surface area (Å²) in [7, 11) is 6.51. The van der Waals surface area contributed by atoms with Gasteiger partial charge in [0.1, 0.15) is 0 Å². The van der Waals surface area contributed by atoms with Crippen LogP contribution in [0.1, 0.15) is 48.5 Å². The lowest BCUT2D eigenvalue weighted by atomic mass is 9.96. The number of likely N-dealkylation sites (N-methyl/N-ethyl adjacent to an activating group) is 2. The van der Waals surface area contributed by atoms with Gasteiger partial charge in [0.2, 0.25) is 0 Å². The number of hydrogen-bond donors (Lipinski definition) is 1. The first-order valence-electron chi connectivity index (χ1n) is 6.92. The molecule has 0 atom stereocenters. The molecule has 0 amide bonds. The molecule has 0 aromatic heterocycles. The zero-order valence-corrected chi connectivity index (χ0v) is 14.3. The van der Waals surface area contributed by atoms with Gasteiger partial charge in [0, 0.05) is 29.7 Å². The Morgan fingerprint density at radius 1 is 0.778 bits per heavy atom. The van der Waals surface area contributed by atoms with Crippen LogP contribution in [0.25, 0.3) is 0 Å². The summed E-state index contributed by atoms with van der Waals surface area (Å²) in [5.41, 5.74) is 0.517. The minimum atomic E-state index is 0.153. The lowest BCUT2D eigenvalue weighted by Crippen LogP contribution is -2.57. The van der Waals surface area contributed by atoms with Gasteiger partial charge in [-0.05, 0) is 69.6 Å². The van der Waals surface area contributed by atoms with E-state index in [0.29, 0.717) is 0 Å². The van der Waals surface area contributed by atoms with Crippen molar-refractivity contribution in [3.8, 4) is 0 Å². The summed E-state index contributed by atoms with van der Waals surface area (Å²) in [4.78, 5) is 4.74. The van der Waals surface area contributed by atoms with Crippen molar-refractivity contribution >= 4 is 0 Å². The smallest absolute Gasteiger partial charge is 0.0275 e. The molecule has 3 nitrogen and oxygen atoms in total. The van der Waals surface area contributed by atoms with Crippen molar-refractivity contribution in [2.45, 2.75) is 65.1 Å². The summed E-state index contributed by atoms with van der Waals surface area (Å²) in [6, 6.07) is 0. The Bertz CT molecular complexity index is 249. The molecule has 0 aromatic rings. The van der Waals surface area contributed by atoms with E-state index in [-0.39, 0.29) is 16.6 Å². The second kappa shape index (κ2) is 5.89. The first kappa shape index (κ1) is 17.9. The molecule has 110 valence electrons. The van der Waals surface area contributed by atoms with Gasteiger partial charge in [-0.3, -0.25) is 4.90 Å². The molecule has 0 unspecified atom stereocenters. The predicted molar refractivity (Wildman–Crippen MR) is 82.2 cm³/mol. The third-order valence-electron chi connectivity index (χ3n) is 3.92. The molecular weight excluding hydrogens is 222 g/mol. The highest BCUT2D eigenvalue weighted by Crippen LogP contribution is 2.19. The SMILES string of the molecule is CN(C)C(C)(C)CN(C)C(C)(C)CNC(C)(C)C. The Balaban J connectivity index is 4.52. The molecule has 1 N–H and O–H groups in total. The molecule has 0 aromatic carbocycles. The van der Waals surface area contributed by atoms with E-state index < -0.39 is 0 Å². The fourth-order valence-electron chi connectivity index (χ4n) is 1.55. The first-order valence-corrected chi connectivity index (χ1v) is 6.92. The van der Waals surface area contributed by atoms with E-state index in [1.807, 2.05) is 0 Å². The van der Waals surface area contributed by atoms with Crippen LogP contribution in [0, 0.1) is 0 Å². The van der Waals surface area contributed by atoms with Crippen LogP contribution in [0.3, 0.4) is 0 Å². The number of rotatable bonds is 6. The largest absolute Gasteiger partial charge is 0.310 e. The van der Waals surface area contributed by atoms with Gasteiger partial charge in [-0.15, -0.1) is 0 Å². The summed E-state index contributed by atoms with van der Waals surface area (Å²) >= 11 is 0. The topological polar surface area (TPSA) is 18.5 Å². The quantitative estimate of drug-likeness (QED) is 0.788. The number of nitrogens with one attached hydrogen (secondary N) is 1. The van der Waals surface area contributed by atoms with Crippen LogP contribution in [0.5, 0.6) is 0 Å². The van der Waals surface area contributed by atoms with Crippen molar-refractivity contribution in [2.75, 3.05) is 34.2 Å². The molecule has 0 bridgehead atoms. The van der Waals surface area contributed by atoms with Crippen LogP contribution in [0.15, 0.2) is 0 Å². The maximum atomic E-state index is 3.60. The molecule has 0 heterocycles. The van der Waals surface area contributed by atoms with Crippen LogP contribution in [0.2, 0.25) is 0 Å². The molecule has 18 heavy (non-hydrogen) atoms. The van der Waals surface area contributed by atoms with Crippen LogP contribution in [-0.4, -0.2) is 60.6 Å². The van der Waals surface area contributed by atoms with Gasteiger partial charge >= 0.3 is 0 Å². The van der Waals surface area contributed by atoms with Crippen molar-refractivity contribution in [2.24, 2.45) is 0 Å². The van der Waals surface area contributed by atoms with Crippen molar-refractivity contribution in [1.82, 2.24) is 15.1 Å². The zero-order valence-electron chi connectivity index (χ0n) is 14.3. The third kappa shape index (κ3) is 6.17. The summed E-state index contributed by atoms with van der Waals surface area (Å²) < 4.78 is 0. The minimum absolute atomic E-state index is 0.153. The molecular formula is C15H35N3. The average Bonchev–Trinajstić information content (AvgIpc) is 2.13. The fourth-order valence-corrected chi connectivity index (χ4v) is 1.55. The van der Waals surface area contributed by atoms with Gasteiger partial charge in [-0.2, -0.15) is 0 Å². The summed E-state index contributed by atoms with van der Waals surface area (Å²) in [6.07, 6.45) is 0. The molecule has 0 aliphatic heterocycles. The Labute approximate surface area is 115 Å². The van der Waals surface area contributed by atoms with Crippen LogP contribution >= 0.6 is 0 Å². The van der Waals surface area contributed by atoms with Crippen molar-refractivity contribution < 1.29 is 0 Å². The molecule has 3 heteroatoms. The van der Waals surface area contributed by atoms with E-state index in [2.05, 4.69) is 84.7 Å². The fraction of sp³-hybridized carbons (Fsp3) is 1.00. The van der Waals surface area contributed by atoms with E-state index in [1.165, 1.54) is 0 Å². The maximum Gasteiger partial charge on any atom is 0.0275 e. The Morgan fingerprint density at radius 3 is 1.56 bits per heavy atom. The standard InChI is InChI=1S/C15H35N3/c1-13(2,3)16-11-14(4,5)18(10)12-15(6,7)17(8)9/h16H,11-12H2,1-10H3. The highest BCUT2D eigenvalue weighted by atomic mass is 15.2. The molecule has 0 radical (unpaired) electrons. The second-order valence-electron chi connectivity index (χ2n) is 7.98. The molecule has 0 fully saturated rings. The molecule has 0 aliphatic carbocycles. The summed E-state index contributed by atoms with van der Waals surface area (Å²) in [5, 5.41) is 3.60. The predicted octanol–water partition coefficient (Wildman–Crippen LogP) is 2.43. The van der Waals surface area contributed by atoms with Gasteiger partial charge in [0.05, 0.1) is 0 Å². The molecule has 0 spiro atoms. The van der Waals surface area contributed by atoms with E-state index >= 15 is 0 Å². The lowest BCUT2D eigenvalue weighted by molar-refractivity contribution is 0.0685. The Kier molecular flexibility index (Phi) is 5.85. The van der Waals surface area contributed by atoms with Gasteiger partial charge < -0.3 is 10.2 Å². The second-order valence-corrected chi connectivity index (χ2v) is 7.98. The van der Waals surface area contributed by atoms with Crippen LogP contribution < -0.4 is 5.32 Å². The number of hydrogen-bond acceptors (Lipinski definition) is 3. The zero-order chi connectivity index (χ0) is 14.8. The summed E-state index contributed by atoms with van der Waals surface area (Å²) in [6.45, 7) is 17.9. The highest BCUT2D eigenvalue weighted by molar-refractivity contribution is 4.90. The molecule has 0 rings (SSSR count). The van der Waals surface area contributed by atoms with Crippen molar-refractivity contribution in [3.05, 3.63) is 0 Å². The van der Waals surface area contributed by atoms with Crippen LogP contribution in [0.4, 0.5) is 0 Å². The van der Waals surface area contributed by atoms with E-state index in [9.17, 15) is 0 Å². The van der Waals surface area contributed by atoms with Gasteiger partial charge in [0.15, 0.2) is 0 Å². The van der Waals surface area contributed by atoms with E-state index in [1.54, 1.807) is 0 Å². The summed E-state index contributed by atoms with van der Waals surface area (Å²) in [5.74, 6) is 0. The molecule has 0 saturated carbocycles. The van der Waals surface area contributed by atoms with Crippen molar-refractivity contribution in [1.29, 1.82) is 0 Å². The Morgan fingerprint density at radius 2 is 1.22 bits per heavy atom.